The molecule has 3 N–H and O–H groups in total. The fourth-order valence-electron chi connectivity index (χ4n) is 1.56. The SMILES string of the molecule is NCC(Nc1cccc(F)c1)c1cc(Br)c(Cl)s1. The number of nitrogens with one attached hydrogen (secondary N) is 1. The molecule has 0 amide bonds. The van der Waals surface area contributed by atoms with Gasteiger partial charge in [-0.1, -0.05) is 17.7 Å². The zero-order chi connectivity index (χ0) is 13.1. The fraction of sp³-hybridized carbons (Fsp3) is 0.167. The molecule has 2 aromatic rings. The van der Waals surface area contributed by atoms with E-state index in [0.717, 1.165) is 9.35 Å². The minimum atomic E-state index is -0.277. The highest BCUT2D eigenvalue weighted by Crippen LogP contribution is 2.36. The molecular formula is C12H11BrClFN2S. The lowest BCUT2D eigenvalue weighted by Gasteiger charge is -2.16. The first kappa shape index (κ1) is 13.8. The lowest BCUT2D eigenvalue weighted by atomic mass is 10.2. The quantitative estimate of drug-likeness (QED) is 0.858. The molecule has 2 rings (SSSR count). The van der Waals surface area contributed by atoms with E-state index in [-0.39, 0.29) is 11.9 Å². The Morgan fingerprint density at radius 2 is 2.22 bits per heavy atom. The van der Waals surface area contributed by atoms with E-state index in [9.17, 15) is 4.39 Å². The van der Waals surface area contributed by atoms with E-state index in [1.165, 1.54) is 23.5 Å². The number of benzene rings is 1. The number of hydrogen-bond donors (Lipinski definition) is 2. The van der Waals surface area contributed by atoms with Gasteiger partial charge in [0.25, 0.3) is 0 Å². The standard InChI is InChI=1S/C12H11BrClFN2S/c13-9-5-11(18-12(9)14)10(6-16)17-8-3-1-2-7(15)4-8/h1-5,10,17H,6,16H2. The van der Waals surface area contributed by atoms with Crippen molar-refractivity contribution in [3.8, 4) is 0 Å². The van der Waals surface area contributed by atoms with Crippen LogP contribution in [0.25, 0.3) is 0 Å². The smallest absolute Gasteiger partial charge is 0.125 e. The predicted molar refractivity (Wildman–Crippen MR) is 78.8 cm³/mol. The maximum Gasteiger partial charge on any atom is 0.125 e. The van der Waals surface area contributed by atoms with Gasteiger partial charge in [-0.2, -0.15) is 0 Å². The molecule has 96 valence electrons. The molecule has 1 atom stereocenters. The van der Waals surface area contributed by atoms with Crippen LogP contribution in [0.5, 0.6) is 0 Å². The van der Waals surface area contributed by atoms with Crippen molar-refractivity contribution < 1.29 is 4.39 Å². The van der Waals surface area contributed by atoms with Crippen molar-refractivity contribution in [2.75, 3.05) is 11.9 Å². The molecule has 0 radical (unpaired) electrons. The molecule has 2 nitrogen and oxygen atoms in total. The third-order valence-electron chi connectivity index (χ3n) is 2.41. The number of hydrogen-bond acceptors (Lipinski definition) is 3. The normalized spacial score (nSPS) is 12.4. The highest BCUT2D eigenvalue weighted by Gasteiger charge is 2.14. The zero-order valence-electron chi connectivity index (χ0n) is 9.29. The van der Waals surface area contributed by atoms with Gasteiger partial charge >= 0.3 is 0 Å². The molecule has 0 bridgehead atoms. The second-order valence-electron chi connectivity index (χ2n) is 3.71. The van der Waals surface area contributed by atoms with E-state index >= 15 is 0 Å². The van der Waals surface area contributed by atoms with Crippen LogP contribution in [0.15, 0.2) is 34.8 Å². The molecular weight excluding hydrogens is 339 g/mol. The summed E-state index contributed by atoms with van der Waals surface area (Å²) >= 11 is 10.8. The van der Waals surface area contributed by atoms with Crippen LogP contribution >= 0.6 is 38.9 Å². The lowest BCUT2D eigenvalue weighted by molar-refractivity contribution is 0.627. The Morgan fingerprint density at radius 3 is 2.78 bits per heavy atom. The molecule has 0 aliphatic rings. The minimum absolute atomic E-state index is 0.0828. The molecule has 1 aromatic heterocycles. The summed E-state index contributed by atoms with van der Waals surface area (Å²) in [5, 5.41) is 3.19. The molecule has 0 saturated carbocycles. The van der Waals surface area contributed by atoms with Gasteiger partial charge in [0.15, 0.2) is 0 Å². The van der Waals surface area contributed by atoms with Gasteiger partial charge in [-0.3, -0.25) is 0 Å². The molecule has 0 spiro atoms. The number of thiophene rings is 1. The van der Waals surface area contributed by atoms with Crippen LogP contribution in [-0.2, 0) is 0 Å². The fourth-order valence-corrected chi connectivity index (χ4v) is 3.36. The van der Waals surface area contributed by atoms with Crippen molar-refractivity contribution in [1.82, 2.24) is 0 Å². The Labute approximate surface area is 122 Å². The van der Waals surface area contributed by atoms with Gasteiger partial charge in [-0.05, 0) is 40.2 Å². The lowest BCUT2D eigenvalue weighted by Crippen LogP contribution is -2.19. The van der Waals surface area contributed by atoms with Crippen LogP contribution in [0.1, 0.15) is 10.9 Å². The van der Waals surface area contributed by atoms with Gasteiger partial charge < -0.3 is 11.1 Å². The van der Waals surface area contributed by atoms with Crippen LogP contribution in [-0.4, -0.2) is 6.54 Å². The van der Waals surface area contributed by atoms with Crippen LogP contribution < -0.4 is 11.1 Å². The average molecular weight is 350 g/mol. The average Bonchev–Trinajstić information content (AvgIpc) is 2.66. The van der Waals surface area contributed by atoms with Crippen LogP contribution in [0, 0.1) is 5.82 Å². The maximum atomic E-state index is 13.1. The van der Waals surface area contributed by atoms with Crippen molar-refractivity contribution in [2.45, 2.75) is 6.04 Å². The minimum Gasteiger partial charge on any atom is -0.376 e. The van der Waals surface area contributed by atoms with E-state index in [1.54, 1.807) is 12.1 Å². The Balaban J connectivity index is 2.19. The molecule has 1 aromatic carbocycles. The zero-order valence-corrected chi connectivity index (χ0v) is 12.4. The van der Waals surface area contributed by atoms with Gasteiger partial charge in [-0.25, -0.2) is 4.39 Å². The van der Waals surface area contributed by atoms with Crippen molar-refractivity contribution in [1.29, 1.82) is 0 Å². The number of nitrogens with two attached hydrogens (primary N) is 1. The molecule has 6 heteroatoms. The Bertz CT molecular complexity index is 527. The van der Waals surface area contributed by atoms with Crippen LogP contribution in [0.2, 0.25) is 4.34 Å². The summed E-state index contributed by atoms with van der Waals surface area (Å²) in [6.45, 7) is 0.403. The molecule has 1 unspecified atom stereocenters. The van der Waals surface area contributed by atoms with Gasteiger partial charge in [0.05, 0.1) is 6.04 Å². The van der Waals surface area contributed by atoms with Crippen molar-refractivity contribution in [3.05, 3.63) is 49.8 Å². The largest absolute Gasteiger partial charge is 0.376 e. The predicted octanol–water partition coefficient (Wildman–Crippen LogP) is 4.42. The third-order valence-corrected chi connectivity index (χ3v) is 5.00. The Kier molecular flexibility index (Phi) is 4.61. The van der Waals surface area contributed by atoms with E-state index < -0.39 is 0 Å². The molecule has 0 saturated heterocycles. The summed E-state index contributed by atoms with van der Waals surface area (Å²) in [7, 11) is 0. The van der Waals surface area contributed by atoms with Gasteiger partial charge in [-0.15, -0.1) is 11.3 Å². The first-order valence-electron chi connectivity index (χ1n) is 5.27. The van der Waals surface area contributed by atoms with E-state index in [1.807, 2.05) is 6.07 Å². The van der Waals surface area contributed by atoms with Gasteiger partial charge in [0.1, 0.15) is 10.2 Å². The second kappa shape index (κ2) is 6.02. The summed E-state index contributed by atoms with van der Waals surface area (Å²) in [6.07, 6.45) is 0. The van der Waals surface area contributed by atoms with Crippen molar-refractivity contribution in [3.63, 3.8) is 0 Å². The van der Waals surface area contributed by atoms with E-state index in [4.69, 9.17) is 17.3 Å². The molecule has 0 aliphatic heterocycles. The summed E-state index contributed by atoms with van der Waals surface area (Å²) < 4.78 is 14.6. The Hall–Kier alpha value is -0.620. The summed E-state index contributed by atoms with van der Waals surface area (Å²) in [5.41, 5.74) is 6.44. The van der Waals surface area contributed by atoms with Crippen molar-refractivity contribution >= 4 is 44.6 Å². The monoisotopic (exact) mass is 348 g/mol. The number of rotatable bonds is 4. The molecule has 0 fully saturated rings. The third kappa shape index (κ3) is 3.23. The summed E-state index contributed by atoms with van der Waals surface area (Å²) in [6, 6.07) is 8.14. The second-order valence-corrected chi connectivity index (χ2v) is 6.25. The summed E-state index contributed by atoms with van der Waals surface area (Å²) in [5.74, 6) is -0.277. The van der Waals surface area contributed by atoms with E-state index in [0.29, 0.717) is 16.6 Å². The van der Waals surface area contributed by atoms with Gasteiger partial charge in [0, 0.05) is 21.6 Å². The molecule has 1 heterocycles. The number of halogens is 3. The van der Waals surface area contributed by atoms with Crippen molar-refractivity contribution in [2.24, 2.45) is 5.73 Å². The summed E-state index contributed by atoms with van der Waals surface area (Å²) in [4.78, 5) is 1.01. The molecule has 0 aliphatic carbocycles. The maximum absolute atomic E-state index is 13.1. The number of anilines is 1. The topological polar surface area (TPSA) is 38.0 Å². The van der Waals surface area contributed by atoms with Gasteiger partial charge in [0.2, 0.25) is 0 Å². The highest BCUT2D eigenvalue weighted by molar-refractivity contribution is 9.10. The van der Waals surface area contributed by atoms with Crippen LogP contribution in [0.3, 0.4) is 0 Å². The van der Waals surface area contributed by atoms with Crippen LogP contribution in [0.4, 0.5) is 10.1 Å². The molecule has 18 heavy (non-hydrogen) atoms. The van der Waals surface area contributed by atoms with E-state index in [2.05, 4.69) is 21.2 Å². The first-order chi connectivity index (χ1) is 8.60. The highest BCUT2D eigenvalue weighted by atomic mass is 79.9. The Morgan fingerprint density at radius 1 is 1.44 bits per heavy atom. The first-order valence-corrected chi connectivity index (χ1v) is 7.26.